The minimum atomic E-state index is -0.686. The van der Waals surface area contributed by atoms with Gasteiger partial charge in [-0.05, 0) is 50.5 Å². The second kappa shape index (κ2) is 6.22. The van der Waals surface area contributed by atoms with Gasteiger partial charge in [0, 0.05) is 11.6 Å². The number of hydrogen-bond acceptors (Lipinski definition) is 5. The van der Waals surface area contributed by atoms with E-state index in [-0.39, 0.29) is 5.88 Å². The van der Waals surface area contributed by atoms with Crippen molar-refractivity contribution < 1.29 is 14.3 Å². The van der Waals surface area contributed by atoms with Crippen LogP contribution >= 0.6 is 0 Å². The number of amides is 1. The first-order valence-electron chi connectivity index (χ1n) is 7.67. The van der Waals surface area contributed by atoms with Gasteiger partial charge in [-0.2, -0.15) is 10.2 Å². The topological polar surface area (TPSA) is 84.2 Å². The molecular formula is C16H19N3O3. The first-order chi connectivity index (χ1) is 10.7. The molecule has 1 heterocycles. The summed E-state index contributed by atoms with van der Waals surface area (Å²) < 4.78 is 10.9. The van der Waals surface area contributed by atoms with Gasteiger partial charge in [-0.25, -0.2) is 4.79 Å². The van der Waals surface area contributed by atoms with E-state index in [9.17, 15) is 4.79 Å². The Morgan fingerprint density at radius 3 is 2.86 bits per heavy atom. The molecule has 0 saturated heterocycles. The van der Waals surface area contributed by atoms with Crippen molar-refractivity contribution in [2.75, 3.05) is 6.61 Å². The van der Waals surface area contributed by atoms with Crippen LogP contribution in [0.25, 0.3) is 0 Å². The molecule has 1 aromatic rings. The van der Waals surface area contributed by atoms with E-state index < -0.39 is 12.1 Å². The lowest BCUT2D eigenvalue weighted by atomic mass is 10.2. The van der Waals surface area contributed by atoms with E-state index in [0.29, 0.717) is 24.3 Å². The largest absolute Gasteiger partial charge is 0.477 e. The zero-order valence-corrected chi connectivity index (χ0v) is 12.5. The summed E-state index contributed by atoms with van der Waals surface area (Å²) in [6, 6.07) is 4.90. The fourth-order valence-electron chi connectivity index (χ4n) is 2.13. The Hall–Kier alpha value is -2.29. The number of ether oxygens (including phenoxy) is 2. The highest BCUT2D eigenvalue weighted by atomic mass is 16.6. The number of nitrogens with zero attached hydrogens (tertiary/aromatic N) is 2. The quantitative estimate of drug-likeness (QED) is 0.873. The molecule has 0 aromatic carbocycles. The molecule has 1 amide bonds. The maximum absolute atomic E-state index is 11.6. The van der Waals surface area contributed by atoms with Crippen molar-refractivity contribution in [3.8, 4) is 17.8 Å². The van der Waals surface area contributed by atoms with Crippen molar-refractivity contribution in [1.82, 2.24) is 10.3 Å². The number of carbonyl (C=O) groups excluding carboxylic acids is 1. The fraction of sp³-hybridized carbons (Fsp3) is 0.562. The number of nitrogens with one attached hydrogen (secondary N) is 1. The molecule has 116 valence electrons. The predicted octanol–water partition coefficient (Wildman–Crippen LogP) is 2.75. The highest BCUT2D eigenvalue weighted by Gasteiger charge is 2.29. The molecule has 6 heteroatoms. The third kappa shape index (κ3) is 3.88. The minimum Gasteiger partial charge on any atom is -0.477 e. The molecule has 2 aliphatic rings. The molecule has 2 aliphatic carbocycles. The van der Waals surface area contributed by atoms with Gasteiger partial charge in [-0.15, -0.1) is 0 Å². The summed E-state index contributed by atoms with van der Waals surface area (Å²) in [6.45, 7) is 2.25. The zero-order chi connectivity index (χ0) is 15.5. The second-order valence-corrected chi connectivity index (χ2v) is 5.96. The van der Waals surface area contributed by atoms with E-state index in [1.54, 1.807) is 13.0 Å². The van der Waals surface area contributed by atoms with E-state index in [2.05, 4.69) is 10.3 Å². The Labute approximate surface area is 129 Å². The van der Waals surface area contributed by atoms with Gasteiger partial charge in [0.2, 0.25) is 11.8 Å². The number of hydrogen-bond donors (Lipinski definition) is 1. The Bertz CT molecular complexity index is 603. The Balaban J connectivity index is 1.67. The van der Waals surface area contributed by atoms with E-state index in [1.807, 2.05) is 12.1 Å². The lowest BCUT2D eigenvalue weighted by Crippen LogP contribution is -2.33. The van der Waals surface area contributed by atoms with Crippen LogP contribution in [0.5, 0.6) is 11.8 Å². The number of rotatable bonds is 6. The molecule has 0 aliphatic heterocycles. The summed E-state index contributed by atoms with van der Waals surface area (Å²) in [4.78, 5) is 16.0. The summed E-state index contributed by atoms with van der Waals surface area (Å²) in [5.41, 5.74) is 1.10. The average Bonchev–Trinajstić information content (AvgIpc) is 3.38. The fourth-order valence-corrected chi connectivity index (χ4v) is 2.13. The molecule has 3 rings (SSSR count). The molecule has 22 heavy (non-hydrogen) atoms. The first-order valence-corrected chi connectivity index (χ1v) is 7.67. The monoisotopic (exact) mass is 301 g/mol. The SMILES string of the molecule is CC(C#N)NC(=O)Oc1ccc(C2CC2)c(OCC2CC2)n1. The number of pyridine rings is 1. The molecule has 0 spiro atoms. The smallest absolute Gasteiger partial charge is 0.414 e. The van der Waals surface area contributed by atoms with Gasteiger partial charge in [0.1, 0.15) is 6.04 Å². The van der Waals surface area contributed by atoms with Gasteiger partial charge in [-0.3, -0.25) is 0 Å². The van der Waals surface area contributed by atoms with Crippen LogP contribution in [0.2, 0.25) is 0 Å². The highest BCUT2D eigenvalue weighted by Crippen LogP contribution is 2.44. The van der Waals surface area contributed by atoms with Crippen LogP contribution in [-0.4, -0.2) is 23.7 Å². The summed E-state index contributed by atoms with van der Waals surface area (Å²) in [5, 5.41) is 11.1. The van der Waals surface area contributed by atoms with Crippen LogP contribution in [0, 0.1) is 17.2 Å². The minimum absolute atomic E-state index is 0.192. The van der Waals surface area contributed by atoms with Crippen molar-refractivity contribution in [2.24, 2.45) is 5.92 Å². The predicted molar refractivity (Wildman–Crippen MR) is 78.7 cm³/mol. The van der Waals surface area contributed by atoms with Crippen molar-refractivity contribution in [3.05, 3.63) is 17.7 Å². The summed E-state index contributed by atoms with van der Waals surface area (Å²) in [7, 11) is 0. The van der Waals surface area contributed by atoms with Crippen molar-refractivity contribution in [2.45, 2.75) is 44.6 Å². The maximum atomic E-state index is 11.6. The van der Waals surface area contributed by atoms with Crippen LogP contribution < -0.4 is 14.8 Å². The van der Waals surface area contributed by atoms with Crippen LogP contribution in [0.3, 0.4) is 0 Å². The van der Waals surface area contributed by atoms with E-state index in [4.69, 9.17) is 14.7 Å². The molecule has 1 aromatic heterocycles. The van der Waals surface area contributed by atoms with Crippen LogP contribution in [0.15, 0.2) is 12.1 Å². The second-order valence-electron chi connectivity index (χ2n) is 5.96. The van der Waals surface area contributed by atoms with Gasteiger partial charge in [0.05, 0.1) is 12.7 Å². The summed E-state index contributed by atoms with van der Waals surface area (Å²) >= 11 is 0. The van der Waals surface area contributed by atoms with Crippen LogP contribution in [0.1, 0.15) is 44.1 Å². The van der Waals surface area contributed by atoms with Crippen LogP contribution in [-0.2, 0) is 0 Å². The van der Waals surface area contributed by atoms with Crippen LogP contribution in [0.4, 0.5) is 4.79 Å². The third-order valence-corrected chi connectivity index (χ3v) is 3.76. The van der Waals surface area contributed by atoms with E-state index in [0.717, 1.165) is 18.4 Å². The Morgan fingerprint density at radius 2 is 2.23 bits per heavy atom. The van der Waals surface area contributed by atoms with Gasteiger partial charge in [0.15, 0.2) is 0 Å². The summed E-state index contributed by atoms with van der Waals surface area (Å²) in [5.74, 6) is 1.92. The standard InChI is InChI=1S/C16H19N3O3/c1-10(8-17)18-16(20)22-14-7-6-13(12-4-5-12)15(19-14)21-9-11-2-3-11/h6-7,10-12H,2-5,9H2,1H3,(H,18,20). The molecule has 2 fully saturated rings. The molecule has 6 nitrogen and oxygen atoms in total. The molecule has 1 unspecified atom stereocenters. The molecule has 1 N–H and O–H groups in total. The van der Waals surface area contributed by atoms with E-state index >= 15 is 0 Å². The number of carbonyl (C=O) groups is 1. The molecular weight excluding hydrogens is 282 g/mol. The maximum Gasteiger partial charge on any atom is 0.414 e. The van der Waals surface area contributed by atoms with Crippen molar-refractivity contribution >= 4 is 6.09 Å². The summed E-state index contributed by atoms with van der Waals surface area (Å²) in [6.07, 6.45) is 4.05. The highest BCUT2D eigenvalue weighted by molar-refractivity contribution is 5.70. The average molecular weight is 301 g/mol. The lowest BCUT2D eigenvalue weighted by molar-refractivity contribution is 0.196. The van der Waals surface area contributed by atoms with Gasteiger partial charge in [0.25, 0.3) is 0 Å². The zero-order valence-electron chi connectivity index (χ0n) is 12.5. The van der Waals surface area contributed by atoms with Gasteiger partial charge >= 0.3 is 6.09 Å². The molecule has 1 atom stereocenters. The van der Waals surface area contributed by atoms with Gasteiger partial charge in [-0.1, -0.05) is 0 Å². The Kier molecular flexibility index (Phi) is 4.14. The Morgan fingerprint density at radius 1 is 1.45 bits per heavy atom. The molecule has 0 bridgehead atoms. The molecule has 0 radical (unpaired) electrons. The van der Waals surface area contributed by atoms with Crippen molar-refractivity contribution in [1.29, 1.82) is 5.26 Å². The number of nitriles is 1. The molecule has 2 saturated carbocycles. The van der Waals surface area contributed by atoms with Crippen molar-refractivity contribution in [3.63, 3.8) is 0 Å². The van der Waals surface area contributed by atoms with E-state index in [1.165, 1.54) is 12.8 Å². The van der Waals surface area contributed by atoms with Gasteiger partial charge < -0.3 is 14.8 Å². The normalized spacial score (nSPS) is 18.2. The third-order valence-electron chi connectivity index (χ3n) is 3.76. The first kappa shape index (κ1) is 14.6. The lowest BCUT2D eigenvalue weighted by Gasteiger charge is -2.12. The number of aromatic nitrogens is 1.